The van der Waals surface area contributed by atoms with E-state index in [0.29, 0.717) is 6.54 Å². The van der Waals surface area contributed by atoms with Crippen LogP contribution < -0.4 is 11.1 Å². The van der Waals surface area contributed by atoms with Gasteiger partial charge in [-0.15, -0.1) is 0 Å². The molecule has 0 radical (unpaired) electrons. The predicted molar refractivity (Wildman–Crippen MR) is 83.7 cm³/mol. The minimum Gasteiger partial charge on any atom is -0.398 e. The topological polar surface area (TPSA) is 58.4 Å². The average Bonchev–Trinajstić information content (AvgIpc) is 2.41. The molecule has 0 aliphatic carbocycles. The first-order valence-corrected chi connectivity index (χ1v) is 7.49. The molecule has 0 aromatic heterocycles. The molecule has 0 atom stereocenters. The zero-order chi connectivity index (χ0) is 14.5. The summed E-state index contributed by atoms with van der Waals surface area (Å²) >= 11 is 0. The van der Waals surface area contributed by atoms with Crippen molar-refractivity contribution < 1.29 is 4.79 Å². The van der Waals surface area contributed by atoms with E-state index >= 15 is 0 Å². The van der Waals surface area contributed by atoms with Crippen molar-refractivity contribution >= 4 is 17.3 Å². The quantitative estimate of drug-likeness (QED) is 0.830. The SMILES string of the molecule is CCc1ccc(NC(=O)CN2CCC(C)CC2)cc1N. The second-order valence-corrected chi connectivity index (χ2v) is 5.77. The number of benzene rings is 1. The summed E-state index contributed by atoms with van der Waals surface area (Å²) in [6, 6.07) is 5.74. The van der Waals surface area contributed by atoms with Gasteiger partial charge in [0.1, 0.15) is 0 Å². The Morgan fingerprint density at radius 2 is 2.10 bits per heavy atom. The van der Waals surface area contributed by atoms with Gasteiger partial charge in [-0.2, -0.15) is 0 Å². The molecule has 4 nitrogen and oxygen atoms in total. The minimum absolute atomic E-state index is 0.0446. The lowest BCUT2D eigenvalue weighted by Gasteiger charge is -2.29. The maximum atomic E-state index is 12.0. The fourth-order valence-corrected chi connectivity index (χ4v) is 2.62. The van der Waals surface area contributed by atoms with Gasteiger partial charge in [0, 0.05) is 11.4 Å². The largest absolute Gasteiger partial charge is 0.398 e. The van der Waals surface area contributed by atoms with E-state index in [1.165, 1.54) is 12.8 Å². The van der Waals surface area contributed by atoms with E-state index in [9.17, 15) is 4.79 Å². The van der Waals surface area contributed by atoms with Crippen LogP contribution in [0.4, 0.5) is 11.4 Å². The van der Waals surface area contributed by atoms with Gasteiger partial charge in [-0.25, -0.2) is 0 Å². The van der Waals surface area contributed by atoms with Crippen LogP contribution in [0.2, 0.25) is 0 Å². The lowest BCUT2D eigenvalue weighted by molar-refractivity contribution is -0.117. The third-order valence-electron chi connectivity index (χ3n) is 4.05. The van der Waals surface area contributed by atoms with Gasteiger partial charge in [0.2, 0.25) is 5.91 Å². The van der Waals surface area contributed by atoms with Crippen molar-refractivity contribution in [3.63, 3.8) is 0 Å². The zero-order valence-electron chi connectivity index (χ0n) is 12.5. The first-order valence-electron chi connectivity index (χ1n) is 7.49. The number of carbonyl (C=O) groups excluding carboxylic acids is 1. The summed E-state index contributed by atoms with van der Waals surface area (Å²) in [5.74, 6) is 0.832. The monoisotopic (exact) mass is 275 g/mol. The lowest BCUT2D eigenvalue weighted by Crippen LogP contribution is -2.38. The maximum absolute atomic E-state index is 12.0. The molecule has 20 heavy (non-hydrogen) atoms. The van der Waals surface area contributed by atoms with E-state index in [0.717, 1.165) is 42.4 Å². The second-order valence-electron chi connectivity index (χ2n) is 5.77. The molecular weight excluding hydrogens is 250 g/mol. The summed E-state index contributed by atoms with van der Waals surface area (Å²) in [7, 11) is 0. The number of aryl methyl sites for hydroxylation is 1. The van der Waals surface area contributed by atoms with Gasteiger partial charge >= 0.3 is 0 Å². The van der Waals surface area contributed by atoms with Gasteiger partial charge in [-0.1, -0.05) is 19.9 Å². The maximum Gasteiger partial charge on any atom is 0.238 e. The number of nitrogen functional groups attached to an aromatic ring is 1. The van der Waals surface area contributed by atoms with Gasteiger partial charge in [-0.05, 0) is 56.0 Å². The molecule has 0 spiro atoms. The third kappa shape index (κ3) is 3.97. The molecule has 4 heteroatoms. The molecule has 1 aromatic carbocycles. The molecule has 1 saturated heterocycles. The highest BCUT2D eigenvalue weighted by Gasteiger charge is 2.17. The molecule has 2 rings (SSSR count). The number of piperidine rings is 1. The van der Waals surface area contributed by atoms with E-state index in [2.05, 4.69) is 24.1 Å². The van der Waals surface area contributed by atoms with Crippen molar-refractivity contribution in [2.75, 3.05) is 30.7 Å². The smallest absolute Gasteiger partial charge is 0.238 e. The number of nitrogens with two attached hydrogens (primary N) is 1. The average molecular weight is 275 g/mol. The fourth-order valence-electron chi connectivity index (χ4n) is 2.62. The highest BCUT2D eigenvalue weighted by molar-refractivity contribution is 5.92. The Kier molecular flexibility index (Phi) is 5.01. The Morgan fingerprint density at radius 1 is 1.40 bits per heavy atom. The van der Waals surface area contributed by atoms with Crippen LogP contribution in [-0.2, 0) is 11.2 Å². The number of rotatable bonds is 4. The van der Waals surface area contributed by atoms with Gasteiger partial charge < -0.3 is 11.1 Å². The normalized spacial score (nSPS) is 17.1. The van der Waals surface area contributed by atoms with Crippen molar-refractivity contribution in [2.24, 2.45) is 5.92 Å². The molecule has 0 unspecified atom stereocenters. The summed E-state index contributed by atoms with van der Waals surface area (Å²) in [6.45, 7) is 6.86. The lowest BCUT2D eigenvalue weighted by atomic mass is 9.99. The van der Waals surface area contributed by atoms with Crippen LogP contribution in [0, 0.1) is 5.92 Å². The van der Waals surface area contributed by atoms with Crippen LogP contribution in [0.5, 0.6) is 0 Å². The Morgan fingerprint density at radius 3 is 2.70 bits per heavy atom. The Labute approximate surface area is 121 Å². The van der Waals surface area contributed by atoms with Crippen LogP contribution >= 0.6 is 0 Å². The number of amides is 1. The van der Waals surface area contributed by atoms with Gasteiger partial charge in [-0.3, -0.25) is 9.69 Å². The summed E-state index contributed by atoms with van der Waals surface area (Å²) in [6.07, 6.45) is 3.28. The van der Waals surface area contributed by atoms with Crippen LogP contribution in [-0.4, -0.2) is 30.4 Å². The molecule has 1 heterocycles. The third-order valence-corrected chi connectivity index (χ3v) is 4.05. The van der Waals surface area contributed by atoms with Crippen molar-refractivity contribution in [3.8, 4) is 0 Å². The van der Waals surface area contributed by atoms with E-state index in [1.807, 2.05) is 18.2 Å². The molecule has 0 saturated carbocycles. The standard InChI is InChI=1S/C16H25N3O/c1-3-13-4-5-14(10-15(13)17)18-16(20)11-19-8-6-12(2)7-9-19/h4-5,10,12H,3,6-9,11,17H2,1-2H3,(H,18,20). The highest BCUT2D eigenvalue weighted by Crippen LogP contribution is 2.19. The molecule has 3 N–H and O–H groups in total. The van der Waals surface area contributed by atoms with E-state index in [1.54, 1.807) is 0 Å². The molecule has 1 aliphatic heterocycles. The summed E-state index contributed by atoms with van der Waals surface area (Å²) in [4.78, 5) is 14.3. The summed E-state index contributed by atoms with van der Waals surface area (Å²) < 4.78 is 0. The minimum atomic E-state index is 0.0446. The fraction of sp³-hybridized carbons (Fsp3) is 0.562. The summed E-state index contributed by atoms with van der Waals surface area (Å²) in [5.41, 5.74) is 8.60. The van der Waals surface area contributed by atoms with Crippen LogP contribution in [0.25, 0.3) is 0 Å². The molecule has 1 fully saturated rings. The molecule has 1 aliphatic rings. The molecule has 1 amide bonds. The Hall–Kier alpha value is -1.55. The predicted octanol–water partition coefficient (Wildman–Crippen LogP) is 2.50. The first kappa shape index (κ1) is 14.9. The number of carbonyl (C=O) groups is 1. The van der Waals surface area contributed by atoms with Crippen LogP contribution in [0.3, 0.4) is 0 Å². The first-order chi connectivity index (χ1) is 9.58. The number of hydrogen-bond donors (Lipinski definition) is 2. The number of anilines is 2. The summed E-state index contributed by atoms with van der Waals surface area (Å²) in [5, 5.41) is 2.93. The molecule has 110 valence electrons. The molecule has 0 bridgehead atoms. The number of nitrogens with zero attached hydrogens (tertiary/aromatic N) is 1. The van der Waals surface area contributed by atoms with Gasteiger partial charge in [0.05, 0.1) is 6.54 Å². The van der Waals surface area contributed by atoms with Gasteiger partial charge in [0.15, 0.2) is 0 Å². The van der Waals surface area contributed by atoms with E-state index in [4.69, 9.17) is 5.73 Å². The van der Waals surface area contributed by atoms with Crippen molar-refractivity contribution in [3.05, 3.63) is 23.8 Å². The van der Waals surface area contributed by atoms with Gasteiger partial charge in [0.25, 0.3) is 0 Å². The van der Waals surface area contributed by atoms with Crippen molar-refractivity contribution in [2.45, 2.75) is 33.1 Å². The zero-order valence-corrected chi connectivity index (χ0v) is 12.5. The van der Waals surface area contributed by atoms with Crippen molar-refractivity contribution in [1.29, 1.82) is 0 Å². The number of nitrogens with one attached hydrogen (secondary N) is 1. The Bertz CT molecular complexity index is 465. The van der Waals surface area contributed by atoms with Crippen LogP contribution in [0.15, 0.2) is 18.2 Å². The van der Waals surface area contributed by atoms with E-state index in [-0.39, 0.29) is 5.91 Å². The number of likely N-dealkylation sites (tertiary alicyclic amines) is 1. The van der Waals surface area contributed by atoms with Crippen molar-refractivity contribution in [1.82, 2.24) is 4.90 Å². The highest BCUT2D eigenvalue weighted by atomic mass is 16.2. The van der Waals surface area contributed by atoms with E-state index < -0.39 is 0 Å². The molecular formula is C16H25N3O. The molecule has 1 aromatic rings. The number of hydrogen-bond acceptors (Lipinski definition) is 3. The Balaban J connectivity index is 1.86. The second kappa shape index (κ2) is 6.75. The van der Waals surface area contributed by atoms with Crippen LogP contribution in [0.1, 0.15) is 32.3 Å².